The number of benzene rings is 1. The molecule has 138 valence electrons. The van der Waals surface area contributed by atoms with Crippen LogP contribution in [0.1, 0.15) is 24.7 Å². The number of nitrogens with one attached hydrogen (secondary N) is 1. The SMILES string of the molecule is Cc1ccc(-c2ccc(C)c(NC(=O)N3CC(C)CC(C(=O)O)C3)c2)o1. The van der Waals surface area contributed by atoms with Crippen molar-refractivity contribution in [1.29, 1.82) is 0 Å². The Kier molecular flexibility index (Phi) is 5.02. The molecule has 3 rings (SSSR count). The summed E-state index contributed by atoms with van der Waals surface area (Å²) in [6.07, 6.45) is 0.603. The van der Waals surface area contributed by atoms with Gasteiger partial charge < -0.3 is 19.7 Å². The molecular formula is C20H24N2O4. The lowest BCUT2D eigenvalue weighted by molar-refractivity contribution is -0.143. The first-order chi connectivity index (χ1) is 12.3. The Bertz CT molecular complexity index is 827. The van der Waals surface area contributed by atoms with Crippen LogP contribution < -0.4 is 5.32 Å². The van der Waals surface area contributed by atoms with Gasteiger partial charge in [-0.05, 0) is 49.9 Å². The fourth-order valence-corrected chi connectivity index (χ4v) is 3.39. The maximum absolute atomic E-state index is 12.7. The van der Waals surface area contributed by atoms with E-state index in [1.165, 1.54) is 0 Å². The number of rotatable bonds is 3. The number of hydrogen-bond donors (Lipinski definition) is 2. The molecule has 2 unspecified atom stereocenters. The highest BCUT2D eigenvalue weighted by molar-refractivity contribution is 5.91. The van der Waals surface area contributed by atoms with Crippen LogP contribution in [0.4, 0.5) is 10.5 Å². The molecule has 26 heavy (non-hydrogen) atoms. The summed E-state index contributed by atoms with van der Waals surface area (Å²) in [6.45, 7) is 6.58. The van der Waals surface area contributed by atoms with Gasteiger partial charge in [-0.25, -0.2) is 4.79 Å². The molecule has 0 aliphatic carbocycles. The van der Waals surface area contributed by atoms with Crippen molar-refractivity contribution >= 4 is 17.7 Å². The van der Waals surface area contributed by atoms with Crippen LogP contribution in [-0.2, 0) is 4.79 Å². The molecule has 1 fully saturated rings. The fourth-order valence-electron chi connectivity index (χ4n) is 3.39. The van der Waals surface area contributed by atoms with Gasteiger partial charge in [0.05, 0.1) is 5.92 Å². The Hall–Kier alpha value is -2.76. The molecule has 1 aromatic carbocycles. The van der Waals surface area contributed by atoms with Crippen LogP contribution in [-0.4, -0.2) is 35.1 Å². The summed E-state index contributed by atoms with van der Waals surface area (Å²) in [4.78, 5) is 25.6. The minimum atomic E-state index is -0.847. The van der Waals surface area contributed by atoms with E-state index in [0.29, 0.717) is 18.7 Å². The van der Waals surface area contributed by atoms with Crippen LogP contribution >= 0.6 is 0 Å². The second-order valence-corrected chi connectivity index (χ2v) is 7.15. The topological polar surface area (TPSA) is 82.8 Å². The standard InChI is InChI=1S/C20H24N2O4/c1-12-8-16(19(23)24)11-22(10-12)20(25)21-17-9-15(6-4-13(17)2)18-7-5-14(3)26-18/h4-7,9,12,16H,8,10-11H2,1-3H3,(H,21,25)(H,23,24). The van der Waals surface area contributed by atoms with Gasteiger partial charge in [-0.3, -0.25) is 4.79 Å². The minimum Gasteiger partial charge on any atom is -0.481 e. The van der Waals surface area contributed by atoms with E-state index < -0.39 is 11.9 Å². The van der Waals surface area contributed by atoms with Crippen LogP contribution in [0.3, 0.4) is 0 Å². The van der Waals surface area contributed by atoms with E-state index >= 15 is 0 Å². The van der Waals surface area contributed by atoms with E-state index in [0.717, 1.165) is 22.6 Å². The second kappa shape index (κ2) is 7.23. The van der Waals surface area contributed by atoms with Gasteiger partial charge >= 0.3 is 12.0 Å². The number of hydrogen-bond acceptors (Lipinski definition) is 3. The van der Waals surface area contributed by atoms with Crippen LogP contribution in [0.15, 0.2) is 34.7 Å². The van der Waals surface area contributed by atoms with Gasteiger partial charge in [0.1, 0.15) is 11.5 Å². The van der Waals surface area contributed by atoms with Gasteiger partial charge in [-0.1, -0.05) is 19.1 Å². The van der Waals surface area contributed by atoms with E-state index in [4.69, 9.17) is 4.42 Å². The molecule has 6 heteroatoms. The molecular weight excluding hydrogens is 332 g/mol. The summed E-state index contributed by atoms with van der Waals surface area (Å²) in [5.41, 5.74) is 2.52. The number of urea groups is 1. The number of anilines is 1. The molecule has 6 nitrogen and oxygen atoms in total. The summed E-state index contributed by atoms with van der Waals surface area (Å²) >= 11 is 0. The molecule has 0 radical (unpaired) electrons. The number of likely N-dealkylation sites (tertiary alicyclic amines) is 1. The van der Waals surface area contributed by atoms with E-state index in [1.54, 1.807) is 4.90 Å². The predicted molar refractivity (Wildman–Crippen MR) is 99.1 cm³/mol. The number of aryl methyl sites for hydroxylation is 2. The molecule has 2 N–H and O–H groups in total. The Balaban J connectivity index is 1.77. The van der Waals surface area contributed by atoms with Crippen LogP contribution in [0.2, 0.25) is 0 Å². The highest BCUT2D eigenvalue weighted by Crippen LogP contribution is 2.28. The van der Waals surface area contributed by atoms with Crippen molar-refractivity contribution in [3.63, 3.8) is 0 Å². The first-order valence-electron chi connectivity index (χ1n) is 8.79. The summed E-state index contributed by atoms with van der Waals surface area (Å²) in [5.74, 6) is 0.376. The Morgan fingerprint density at radius 3 is 2.62 bits per heavy atom. The summed E-state index contributed by atoms with van der Waals surface area (Å²) < 4.78 is 5.65. The molecule has 1 saturated heterocycles. The molecule has 1 aliphatic heterocycles. The molecule has 2 aromatic rings. The Morgan fingerprint density at radius 2 is 1.96 bits per heavy atom. The largest absolute Gasteiger partial charge is 0.481 e. The zero-order chi connectivity index (χ0) is 18.8. The average molecular weight is 356 g/mol. The van der Waals surface area contributed by atoms with Gasteiger partial charge in [-0.15, -0.1) is 0 Å². The van der Waals surface area contributed by atoms with Crippen molar-refractivity contribution in [1.82, 2.24) is 4.90 Å². The number of aliphatic carboxylic acids is 1. The molecule has 2 heterocycles. The third-order valence-electron chi connectivity index (χ3n) is 4.80. The molecule has 2 atom stereocenters. The van der Waals surface area contributed by atoms with Crippen molar-refractivity contribution < 1.29 is 19.1 Å². The van der Waals surface area contributed by atoms with Crippen molar-refractivity contribution in [3.05, 3.63) is 41.7 Å². The van der Waals surface area contributed by atoms with E-state index in [9.17, 15) is 14.7 Å². The normalized spacial score (nSPS) is 20.0. The van der Waals surface area contributed by atoms with Gasteiger partial charge in [0.15, 0.2) is 0 Å². The van der Waals surface area contributed by atoms with Gasteiger partial charge in [0.2, 0.25) is 0 Å². The number of carbonyl (C=O) groups is 2. The van der Waals surface area contributed by atoms with Crippen molar-refractivity contribution in [2.45, 2.75) is 27.2 Å². The smallest absolute Gasteiger partial charge is 0.321 e. The molecule has 0 saturated carbocycles. The van der Waals surface area contributed by atoms with E-state index in [1.807, 2.05) is 51.1 Å². The minimum absolute atomic E-state index is 0.161. The zero-order valence-corrected chi connectivity index (χ0v) is 15.3. The van der Waals surface area contributed by atoms with Crippen LogP contribution in [0.25, 0.3) is 11.3 Å². The number of carboxylic acid groups (broad SMARTS) is 1. The first kappa shape index (κ1) is 18.0. The predicted octanol–water partition coefficient (Wildman–Crippen LogP) is 4.14. The molecule has 0 spiro atoms. The monoisotopic (exact) mass is 356 g/mol. The van der Waals surface area contributed by atoms with Gasteiger partial charge in [0, 0.05) is 24.3 Å². The van der Waals surface area contributed by atoms with Crippen LogP contribution in [0.5, 0.6) is 0 Å². The van der Waals surface area contributed by atoms with Crippen LogP contribution in [0, 0.1) is 25.7 Å². The lowest BCUT2D eigenvalue weighted by Crippen LogP contribution is -2.47. The van der Waals surface area contributed by atoms with Crippen molar-refractivity contribution in [2.24, 2.45) is 11.8 Å². The Labute approximate surface area is 152 Å². The molecule has 2 amide bonds. The molecule has 0 bridgehead atoms. The molecule has 1 aromatic heterocycles. The van der Waals surface area contributed by atoms with E-state index in [2.05, 4.69) is 5.32 Å². The van der Waals surface area contributed by atoms with E-state index in [-0.39, 0.29) is 18.5 Å². The summed E-state index contributed by atoms with van der Waals surface area (Å²) in [6, 6.07) is 9.30. The number of carbonyl (C=O) groups excluding carboxylic acids is 1. The second-order valence-electron chi connectivity index (χ2n) is 7.15. The fraction of sp³-hybridized carbons (Fsp3) is 0.400. The third-order valence-corrected chi connectivity index (χ3v) is 4.80. The molecule has 1 aliphatic rings. The lowest BCUT2D eigenvalue weighted by atomic mass is 9.91. The maximum Gasteiger partial charge on any atom is 0.321 e. The van der Waals surface area contributed by atoms with Crippen molar-refractivity contribution in [2.75, 3.05) is 18.4 Å². The number of piperidine rings is 1. The Morgan fingerprint density at radius 1 is 1.19 bits per heavy atom. The highest BCUT2D eigenvalue weighted by atomic mass is 16.4. The summed E-state index contributed by atoms with van der Waals surface area (Å²) in [7, 11) is 0. The van der Waals surface area contributed by atoms with Gasteiger partial charge in [-0.2, -0.15) is 0 Å². The van der Waals surface area contributed by atoms with Gasteiger partial charge in [0.25, 0.3) is 0 Å². The number of nitrogens with zero attached hydrogens (tertiary/aromatic N) is 1. The number of carboxylic acids is 1. The summed E-state index contributed by atoms with van der Waals surface area (Å²) in [5, 5.41) is 12.2. The number of amides is 2. The quantitative estimate of drug-likeness (QED) is 0.866. The third kappa shape index (κ3) is 3.90. The zero-order valence-electron chi connectivity index (χ0n) is 15.3. The average Bonchev–Trinajstić information content (AvgIpc) is 3.02. The maximum atomic E-state index is 12.7. The highest BCUT2D eigenvalue weighted by Gasteiger charge is 2.32. The number of furan rings is 1. The van der Waals surface area contributed by atoms with Crippen molar-refractivity contribution in [3.8, 4) is 11.3 Å². The first-order valence-corrected chi connectivity index (χ1v) is 8.79. The lowest BCUT2D eigenvalue weighted by Gasteiger charge is -2.34.